The van der Waals surface area contributed by atoms with Crippen LogP contribution in [0.1, 0.15) is 57.6 Å². The lowest BCUT2D eigenvalue weighted by atomic mass is 9.66. The quantitative estimate of drug-likeness (QED) is 0.172. The Bertz CT molecular complexity index is 3140. The first-order valence-electron chi connectivity index (χ1n) is 20.3. The van der Waals surface area contributed by atoms with Gasteiger partial charge in [0.25, 0.3) is 0 Å². The average molecular weight is 760 g/mol. The van der Waals surface area contributed by atoms with Crippen molar-refractivity contribution in [1.82, 2.24) is 4.57 Å². The molecule has 282 valence electrons. The van der Waals surface area contributed by atoms with Crippen molar-refractivity contribution >= 4 is 33.6 Å². The Morgan fingerprint density at radius 1 is 0.593 bits per heavy atom. The third kappa shape index (κ3) is 5.45. The van der Waals surface area contributed by atoms with Crippen molar-refractivity contribution in [2.75, 3.05) is 0 Å². The number of fused-ring (bicyclic) bond motifs is 12. The predicted molar refractivity (Wildman–Crippen MR) is 243 cm³/mol. The zero-order valence-corrected chi connectivity index (χ0v) is 32.9. The monoisotopic (exact) mass is 759 g/mol. The number of rotatable bonds is 6. The summed E-state index contributed by atoms with van der Waals surface area (Å²) in [5.41, 5.74) is 23.5. The van der Waals surface area contributed by atoms with E-state index in [-0.39, 0.29) is 0 Å². The number of aromatic nitrogens is 1. The molecule has 2 aliphatic rings. The normalized spacial score (nSPS) is 14.4. The van der Waals surface area contributed by atoms with E-state index < -0.39 is 11.6 Å². The van der Waals surface area contributed by atoms with Crippen LogP contribution in [-0.4, -0.2) is 10.3 Å². The van der Waals surface area contributed by atoms with Crippen molar-refractivity contribution < 1.29 is 4.74 Å². The second-order valence-corrected chi connectivity index (χ2v) is 15.8. The molecule has 0 saturated carbocycles. The van der Waals surface area contributed by atoms with E-state index in [9.17, 15) is 0 Å². The maximum absolute atomic E-state index is 7.08. The second kappa shape index (κ2) is 13.7. The Hall–Kier alpha value is -7.27. The molecule has 0 fully saturated rings. The minimum absolute atomic E-state index is 0.495. The van der Waals surface area contributed by atoms with Gasteiger partial charge in [-0.05, 0) is 107 Å². The number of nitrogens with zero attached hydrogens (tertiary/aromatic N) is 2. The van der Waals surface area contributed by atoms with Crippen molar-refractivity contribution in [2.45, 2.75) is 25.4 Å². The van der Waals surface area contributed by atoms with Crippen molar-refractivity contribution in [2.24, 2.45) is 10.7 Å². The number of aryl methyl sites for hydroxylation is 1. The molecule has 0 amide bonds. The molecule has 2 N–H and O–H groups in total. The van der Waals surface area contributed by atoms with E-state index >= 15 is 0 Å². The number of aliphatic imine (C=N–C) groups is 1. The fourth-order valence-corrected chi connectivity index (χ4v) is 9.71. The molecule has 59 heavy (non-hydrogen) atoms. The molecule has 9 aromatic rings. The van der Waals surface area contributed by atoms with Gasteiger partial charge in [0.2, 0.25) is 0 Å². The third-order valence-electron chi connectivity index (χ3n) is 12.2. The standard InChI is InChI=1S/C55H41N3O/c1-35-27-30-50-44(31-35)42-20-7-11-24-49(42)58(50)40-18-14-17-39(34-40)54(56)57-53(38-15-4-3-5-16-38)36(2)32-37-28-29-46-43(33-37)41-19-6-8-21-45(41)55(46)47-22-9-12-25-51(47)59-52-26-13-10-23-48(52)55/h3-34,54H,56H2,1-2H3/b36-32+,57-53+. The molecule has 0 saturated heterocycles. The van der Waals surface area contributed by atoms with E-state index in [0.717, 1.165) is 56.3 Å². The maximum Gasteiger partial charge on any atom is 0.132 e. The van der Waals surface area contributed by atoms with Gasteiger partial charge in [0, 0.05) is 33.2 Å². The van der Waals surface area contributed by atoms with Crippen LogP contribution < -0.4 is 10.5 Å². The summed E-state index contributed by atoms with van der Waals surface area (Å²) in [5, 5.41) is 2.48. The smallest absolute Gasteiger partial charge is 0.132 e. The van der Waals surface area contributed by atoms with Crippen molar-refractivity contribution in [3.63, 3.8) is 0 Å². The molecule has 1 aliphatic carbocycles. The van der Waals surface area contributed by atoms with Gasteiger partial charge in [0.15, 0.2) is 0 Å². The minimum atomic E-state index is -0.593. The van der Waals surface area contributed by atoms with Crippen molar-refractivity contribution in [3.8, 4) is 28.3 Å². The third-order valence-corrected chi connectivity index (χ3v) is 12.2. The first-order chi connectivity index (χ1) is 29.0. The molecule has 0 bridgehead atoms. The van der Waals surface area contributed by atoms with Gasteiger partial charge in [0.1, 0.15) is 17.7 Å². The lowest BCUT2D eigenvalue weighted by Gasteiger charge is -2.39. The summed E-state index contributed by atoms with van der Waals surface area (Å²) >= 11 is 0. The van der Waals surface area contributed by atoms with E-state index in [0.29, 0.717) is 0 Å². The van der Waals surface area contributed by atoms with Crippen LogP contribution in [-0.2, 0) is 5.41 Å². The first-order valence-corrected chi connectivity index (χ1v) is 20.3. The summed E-state index contributed by atoms with van der Waals surface area (Å²) in [6.07, 6.45) is 1.65. The molecule has 4 nitrogen and oxygen atoms in total. The van der Waals surface area contributed by atoms with Crippen LogP contribution >= 0.6 is 0 Å². The molecule has 1 aliphatic heterocycles. The van der Waals surface area contributed by atoms with E-state index in [1.807, 2.05) is 6.07 Å². The summed E-state index contributed by atoms with van der Waals surface area (Å²) in [4.78, 5) is 5.30. The van der Waals surface area contributed by atoms with E-state index in [1.165, 1.54) is 49.6 Å². The topological polar surface area (TPSA) is 52.5 Å². The zero-order chi connectivity index (χ0) is 39.7. The Morgan fingerprint density at radius 2 is 1.25 bits per heavy atom. The maximum atomic E-state index is 7.08. The van der Waals surface area contributed by atoms with Gasteiger partial charge in [0.05, 0.1) is 22.2 Å². The lowest BCUT2D eigenvalue weighted by Crippen LogP contribution is -2.32. The summed E-state index contributed by atoms with van der Waals surface area (Å²) in [6, 6.07) is 66.9. The fraction of sp³-hybridized carbons (Fsp3) is 0.0727. The fourth-order valence-electron chi connectivity index (χ4n) is 9.71. The van der Waals surface area contributed by atoms with E-state index in [2.05, 4.69) is 206 Å². The van der Waals surface area contributed by atoms with Crippen LogP contribution in [0.5, 0.6) is 11.5 Å². The highest BCUT2D eigenvalue weighted by molar-refractivity contribution is 6.15. The number of allylic oxidation sites excluding steroid dienone is 1. The zero-order valence-electron chi connectivity index (χ0n) is 32.9. The van der Waals surface area contributed by atoms with Gasteiger partial charge in [-0.25, -0.2) is 0 Å². The Kier molecular flexibility index (Phi) is 8.11. The van der Waals surface area contributed by atoms with Crippen LogP contribution in [0.4, 0.5) is 0 Å². The van der Waals surface area contributed by atoms with Gasteiger partial charge >= 0.3 is 0 Å². The van der Waals surface area contributed by atoms with Crippen molar-refractivity contribution in [3.05, 3.63) is 238 Å². The molecule has 1 spiro atoms. The molecular formula is C55H41N3O. The summed E-state index contributed by atoms with van der Waals surface area (Å²) < 4.78 is 8.87. The summed E-state index contributed by atoms with van der Waals surface area (Å²) in [6.45, 7) is 4.29. The van der Waals surface area contributed by atoms with Gasteiger partial charge in [-0.2, -0.15) is 0 Å². The molecule has 0 radical (unpaired) electrons. The van der Waals surface area contributed by atoms with E-state index in [1.54, 1.807) is 0 Å². The Morgan fingerprint density at radius 3 is 2.05 bits per heavy atom. The van der Waals surface area contributed by atoms with Gasteiger partial charge in [-0.1, -0.05) is 145 Å². The van der Waals surface area contributed by atoms with Crippen molar-refractivity contribution in [1.29, 1.82) is 0 Å². The molecule has 1 aromatic heterocycles. The second-order valence-electron chi connectivity index (χ2n) is 15.8. The highest BCUT2D eigenvalue weighted by Gasteiger charge is 2.50. The average Bonchev–Trinajstić information content (AvgIpc) is 3.76. The number of hydrogen-bond donors (Lipinski definition) is 1. The molecule has 4 heteroatoms. The minimum Gasteiger partial charge on any atom is -0.457 e. The Balaban J connectivity index is 1.01. The summed E-state index contributed by atoms with van der Waals surface area (Å²) in [5.74, 6) is 1.79. The molecule has 2 heterocycles. The number of nitrogens with two attached hydrogens (primary N) is 1. The SMILES string of the molecule is CC(=C\c1ccc2c(c1)-c1ccccc1C21c2ccccc2Oc2ccccc21)/C(=N\C(N)c1cccc(-n2c3ccccc3c3cc(C)ccc32)c1)c1ccccc1. The number of hydrogen-bond acceptors (Lipinski definition) is 3. The van der Waals surface area contributed by atoms with Crippen LogP contribution in [0.3, 0.4) is 0 Å². The molecule has 11 rings (SSSR count). The number of para-hydroxylation sites is 3. The summed E-state index contributed by atoms with van der Waals surface area (Å²) in [7, 11) is 0. The lowest BCUT2D eigenvalue weighted by molar-refractivity contribution is 0.436. The number of benzene rings is 8. The predicted octanol–water partition coefficient (Wildman–Crippen LogP) is 13.1. The number of ether oxygens (including phenoxy) is 1. The molecule has 8 aromatic carbocycles. The Labute approximate surface area is 344 Å². The van der Waals surface area contributed by atoms with Crippen LogP contribution in [0.2, 0.25) is 0 Å². The molecular weight excluding hydrogens is 719 g/mol. The highest BCUT2D eigenvalue weighted by Crippen LogP contribution is 2.62. The van der Waals surface area contributed by atoms with Crippen LogP contribution in [0, 0.1) is 6.92 Å². The molecule has 1 atom stereocenters. The highest BCUT2D eigenvalue weighted by atomic mass is 16.5. The van der Waals surface area contributed by atoms with E-state index in [4.69, 9.17) is 15.5 Å². The van der Waals surface area contributed by atoms with Gasteiger partial charge < -0.3 is 15.0 Å². The van der Waals surface area contributed by atoms with Gasteiger partial charge in [-0.15, -0.1) is 0 Å². The van der Waals surface area contributed by atoms with Gasteiger partial charge in [-0.3, -0.25) is 4.99 Å². The van der Waals surface area contributed by atoms with Crippen LogP contribution in [0.25, 0.3) is 44.7 Å². The largest absolute Gasteiger partial charge is 0.457 e. The molecule has 1 unspecified atom stereocenters. The van der Waals surface area contributed by atoms with Crippen LogP contribution in [0.15, 0.2) is 199 Å². The first kappa shape index (κ1) is 34.9.